The number of benzene rings is 1. The summed E-state index contributed by atoms with van der Waals surface area (Å²) >= 11 is 0. The topological polar surface area (TPSA) is 12.5 Å². The molecule has 1 heterocycles. The van der Waals surface area contributed by atoms with Crippen molar-refractivity contribution in [3.8, 4) is 0 Å². The molecule has 0 saturated carbocycles. The molecule has 0 amide bonds. The maximum Gasteiger partial charge on any atom is 0.123 e. The summed E-state index contributed by atoms with van der Waals surface area (Å²) < 4.78 is 17.8. The number of hydrogen-bond acceptors (Lipinski definition) is 1. The molecule has 2 heteroatoms. The monoisotopic (exact) mass is 166 g/mol. The largest absolute Gasteiger partial charge is 0.373 e. The second-order valence-electron chi connectivity index (χ2n) is 3.23. The molecule has 1 nitrogen and oxygen atoms in total. The van der Waals surface area contributed by atoms with Crippen molar-refractivity contribution in [1.29, 1.82) is 0 Å². The molecule has 1 aliphatic rings. The van der Waals surface area contributed by atoms with Gasteiger partial charge in [0, 0.05) is 6.42 Å². The van der Waals surface area contributed by atoms with Gasteiger partial charge < -0.3 is 4.74 Å². The lowest BCUT2D eigenvalue weighted by molar-refractivity contribution is 0.407. The van der Waals surface area contributed by atoms with Crippen molar-refractivity contribution in [3.63, 3.8) is 0 Å². The van der Waals surface area contributed by atoms with Crippen LogP contribution in [0.15, 0.2) is 18.2 Å². The summed E-state index contributed by atoms with van der Waals surface area (Å²) in [7, 11) is 0. The maximum atomic E-state index is 12.7. The highest BCUT2D eigenvalue weighted by Gasteiger charge is 2.23. The molecule has 1 aromatic carbocycles. The van der Waals surface area contributed by atoms with Crippen molar-refractivity contribution in [1.82, 2.24) is 0 Å². The summed E-state index contributed by atoms with van der Waals surface area (Å²) in [6, 6.07) is 4.91. The highest BCUT2D eigenvalue weighted by Crippen LogP contribution is 2.19. The standard InChI is InChI=1S/C10H11FO/c1-7-4-9(11)3-2-8(7)5-10-6-12-10/h2-4,10H,5-6H2,1H3. The zero-order valence-electron chi connectivity index (χ0n) is 7.01. The zero-order chi connectivity index (χ0) is 8.55. The second-order valence-corrected chi connectivity index (χ2v) is 3.23. The predicted octanol–water partition coefficient (Wildman–Crippen LogP) is 2.08. The summed E-state index contributed by atoms with van der Waals surface area (Å²) in [5.74, 6) is -0.159. The molecule has 0 aliphatic carbocycles. The molecule has 1 aromatic rings. The minimum atomic E-state index is -0.159. The molecule has 0 spiro atoms. The van der Waals surface area contributed by atoms with Gasteiger partial charge in [0.15, 0.2) is 0 Å². The molecule has 12 heavy (non-hydrogen) atoms. The van der Waals surface area contributed by atoms with E-state index in [1.54, 1.807) is 6.07 Å². The van der Waals surface area contributed by atoms with E-state index in [0.717, 1.165) is 18.6 Å². The maximum absolute atomic E-state index is 12.7. The van der Waals surface area contributed by atoms with Crippen LogP contribution < -0.4 is 0 Å². The Labute approximate surface area is 71.2 Å². The number of epoxide rings is 1. The van der Waals surface area contributed by atoms with Gasteiger partial charge in [0.1, 0.15) is 5.82 Å². The van der Waals surface area contributed by atoms with E-state index in [-0.39, 0.29) is 5.82 Å². The van der Waals surface area contributed by atoms with Crippen LogP contribution in [0.4, 0.5) is 4.39 Å². The average Bonchev–Trinajstić information content (AvgIpc) is 2.79. The van der Waals surface area contributed by atoms with Gasteiger partial charge in [-0.2, -0.15) is 0 Å². The first-order chi connectivity index (χ1) is 5.75. The van der Waals surface area contributed by atoms with Crippen LogP contribution in [-0.2, 0) is 11.2 Å². The lowest BCUT2D eigenvalue weighted by Gasteiger charge is -2.02. The van der Waals surface area contributed by atoms with Gasteiger partial charge in [-0.25, -0.2) is 4.39 Å². The minimum Gasteiger partial charge on any atom is -0.373 e. The van der Waals surface area contributed by atoms with Crippen LogP contribution in [0.2, 0.25) is 0 Å². The van der Waals surface area contributed by atoms with Crippen LogP contribution in [0, 0.1) is 12.7 Å². The number of ether oxygens (including phenoxy) is 1. The van der Waals surface area contributed by atoms with Crippen LogP contribution in [0.1, 0.15) is 11.1 Å². The van der Waals surface area contributed by atoms with E-state index < -0.39 is 0 Å². The summed E-state index contributed by atoms with van der Waals surface area (Å²) in [6.07, 6.45) is 1.31. The first-order valence-electron chi connectivity index (χ1n) is 4.12. The molecule has 0 radical (unpaired) electrons. The third kappa shape index (κ3) is 1.64. The summed E-state index contributed by atoms with van der Waals surface area (Å²) in [6.45, 7) is 2.79. The molecule has 64 valence electrons. The van der Waals surface area contributed by atoms with Crippen LogP contribution in [0.3, 0.4) is 0 Å². The zero-order valence-corrected chi connectivity index (χ0v) is 7.01. The summed E-state index contributed by atoms with van der Waals surface area (Å²) in [5, 5.41) is 0. The Morgan fingerprint density at radius 3 is 2.92 bits per heavy atom. The van der Waals surface area contributed by atoms with Gasteiger partial charge in [-0.05, 0) is 30.2 Å². The molecule has 1 aliphatic heterocycles. The molecule has 1 atom stereocenters. The lowest BCUT2D eigenvalue weighted by Crippen LogP contribution is -1.96. The van der Waals surface area contributed by atoms with Crippen molar-refractivity contribution in [2.24, 2.45) is 0 Å². The van der Waals surface area contributed by atoms with Crippen LogP contribution in [0.5, 0.6) is 0 Å². The Kier molecular flexibility index (Phi) is 1.85. The van der Waals surface area contributed by atoms with Crippen molar-refractivity contribution in [2.75, 3.05) is 6.61 Å². The molecule has 0 N–H and O–H groups in total. The third-order valence-corrected chi connectivity index (χ3v) is 2.15. The van der Waals surface area contributed by atoms with Crippen molar-refractivity contribution in [3.05, 3.63) is 35.1 Å². The first-order valence-corrected chi connectivity index (χ1v) is 4.12. The fourth-order valence-electron chi connectivity index (χ4n) is 1.32. The highest BCUT2D eigenvalue weighted by molar-refractivity contribution is 5.27. The predicted molar refractivity (Wildman–Crippen MR) is 44.6 cm³/mol. The summed E-state index contributed by atoms with van der Waals surface area (Å²) in [5.41, 5.74) is 2.21. The molecule has 1 fully saturated rings. The van der Waals surface area contributed by atoms with Gasteiger partial charge >= 0.3 is 0 Å². The van der Waals surface area contributed by atoms with E-state index in [9.17, 15) is 4.39 Å². The van der Waals surface area contributed by atoms with Crippen molar-refractivity contribution < 1.29 is 9.13 Å². The van der Waals surface area contributed by atoms with E-state index in [2.05, 4.69) is 0 Å². The number of hydrogen-bond donors (Lipinski definition) is 0. The number of aryl methyl sites for hydroxylation is 1. The Bertz CT molecular complexity index is 292. The third-order valence-electron chi connectivity index (χ3n) is 2.15. The molecule has 1 unspecified atom stereocenters. The molecular formula is C10H11FO. The molecule has 0 aromatic heterocycles. The normalized spacial score (nSPS) is 21.0. The Morgan fingerprint density at radius 1 is 1.58 bits per heavy atom. The fourth-order valence-corrected chi connectivity index (χ4v) is 1.32. The molecule has 1 saturated heterocycles. The van der Waals surface area contributed by atoms with Crippen molar-refractivity contribution in [2.45, 2.75) is 19.4 Å². The SMILES string of the molecule is Cc1cc(F)ccc1CC1CO1. The average molecular weight is 166 g/mol. The van der Waals surface area contributed by atoms with E-state index in [4.69, 9.17) is 4.74 Å². The van der Waals surface area contributed by atoms with Crippen LogP contribution in [-0.4, -0.2) is 12.7 Å². The highest BCUT2D eigenvalue weighted by atomic mass is 19.1. The molecule has 2 rings (SSSR count). The van der Waals surface area contributed by atoms with Crippen LogP contribution in [0.25, 0.3) is 0 Å². The van der Waals surface area contributed by atoms with E-state index >= 15 is 0 Å². The molecular weight excluding hydrogens is 155 g/mol. The Balaban J connectivity index is 2.18. The van der Waals surface area contributed by atoms with E-state index in [1.807, 2.05) is 13.0 Å². The van der Waals surface area contributed by atoms with Gasteiger partial charge in [-0.1, -0.05) is 6.07 Å². The number of rotatable bonds is 2. The molecule has 0 bridgehead atoms. The van der Waals surface area contributed by atoms with Gasteiger partial charge in [-0.15, -0.1) is 0 Å². The van der Waals surface area contributed by atoms with Gasteiger partial charge in [0.05, 0.1) is 12.7 Å². The lowest BCUT2D eigenvalue weighted by atomic mass is 10.0. The van der Waals surface area contributed by atoms with Gasteiger partial charge in [0.25, 0.3) is 0 Å². The Morgan fingerprint density at radius 2 is 2.33 bits per heavy atom. The first kappa shape index (κ1) is 7.74. The Hall–Kier alpha value is -0.890. The van der Waals surface area contributed by atoms with Crippen molar-refractivity contribution >= 4 is 0 Å². The number of halogens is 1. The fraction of sp³-hybridized carbons (Fsp3) is 0.400. The minimum absolute atomic E-state index is 0.159. The van der Waals surface area contributed by atoms with E-state index in [0.29, 0.717) is 6.10 Å². The second kappa shape index (κ2) is 2.87. The van der Waals surface area contributed by atoms with E-state index in [1.165, 1.54) is 11.6 Å². The quantitative estimate of drug-likeness (QED) is 0.613. The van der Waals surface area contributed by atoms with Crippen LogP contribution >= 0.6 is 0 Å². The smallest absolute Gasteiger partial charge is 0.123 e. The summed E-state index contributed by atoms with van der Waals surface area (Å²) in [4.78, 5) is 0. The van der Waals surface area contributed by atoms with Gasteiger partial charge in [-0.3, -0.25) is 0 Å². The van der Waals surface area contributed by atoms with Gasteiger partial charge in [0.2, 0.25) is 0 Å².